The zero-order chi connectivity index (χ0) is 23.1. The zero-order valence-corrected chi connectivity index (χ0v) is 18.5. The van der Waals surface area contributed by atoms with Crippen LogP contribution >= 0.6 is 0 Å². The van der Waals surface area contributed by atoms with Gasteiger partial charge in [0, 0.05) is 38.3 Å². The van der Waals surface area contributed by atoms with Crippen molar-refractivity contribution in [3.05, 3.63) is 65.5 Å². The number of amides is 2. The average Bonchev–Trinajstić information content (AvgIpc) is 2.79. The minimum absolute atomic E-state index is 0.00848. The minimum Gasteiger partial charge on any atom is -0.483 e. The Labute approximate surface area is 187 Å². The van der Waals surface area contributed by atoms with E-state index in [0.29, 0.717) is 30.9 Å². The summed E-state index contributed by atoms with van der Waals surface area (Å²) in [6.45, 7) is 5.84. The number of nitrogens with zero attached hydrogens (tertiary/aromatic N) is 2. The van der Waals surface area contributed by atoms with E-state index in [1.807, 2.05) is 6.92 Å². The number of nitrogens with one attached hydrogen (secondary N) is 1. The Kier molecular flexibility index (Phi) is 8.19. The van der Waals surface area contributed by atoms with Crippen LogP contribution in [0.2, 0.25) is 0 Å². The van der Waals surface area contributed by atoms with Crippen LogP contribution in [0.15, 0.2) is 48.5 Å². The van der Waals surface area contributed by atoms with E-state index < -0.39 is 0 Å². The summed E-state index contributed by atoms with van der Waals surface area (Å²) in [4.78, 5) is 29.2. The summed E-state index contributed by atoms with van der Waals surface area (Å²) in [5.41, 5.74) is 1.35. The number of hydrogen-bond acceptors (Lipinski definition) is 5. The lowest BCUT2D eigenvalue weighted by Gasteiger charge is -2.44. The summed E-state index contributed by atoms with van der Waals surface area (Å²) < 4.78 is 18.9. The molecule has 3 rings (SSSR count). The van der Waals surface area contributed by atoms with Gasteiger partial charge in [-0.3, -0.25) is 14.5 Å². The number of aliphatic hydroxyl groups excluding tert-OH is 1. The van der Waals surface area contributed by atoms with E-state index in [1.54, 1.807) is 41.3 Å². The highest BCUT2D eigenvalue weighted by Crippen LogP contribution is 2.21. The topological polar surface area (TPSA) is 82.1 Å². The summed E-state index contributed by atoms with van der Waals surface area (Å²) in [5.74, 6) is -0.431. The van der Waals surface area contributed by atoms with Gasteiger partial charge < -0.3 is 20.1 Å². The molecule has 0 spiro atoms. The fourth-order valence-electron chi connectivity index (χ4n) is 3.86. The molecule has 2 atom stereocenters. The molecule has 0 bridgehead atoms. The molecule has 2 unspecified atom stereocenters. The molecule has 7 nitrogen and oxygen atoms in total. The minimum atomic E-state index is -0.363. The zero-order valence-electron chi connectivity index (χ0n) is 18.5. The molecule has 1 aliphatic rings. The van der Waals surface area contributed by atoms with E-state index in [0.717, 1.165) is 5.56 Å². The molecule has 1 fully saturated rings. The number of carbonyl (C=O) groups excluding carboxylic acids is 2. The van der Waals surface area contributed by atoms with Crippen molar-refractivity contribution in [3.63, 3.8) is 0 Å². The Balaban J connectivity index is 1.57. The summed E-state index contributed by atoms with van der Waals surface area (Å²) in [5, 5.41) is 11.5. The Morgan fingerprint density at radius 2 is 1.81 bits per heavy atom. The molecule has 2 N–H and O–H groups in total. The predicted molar refractivity (Wildman–Crippen MR) is 119 cm³/mol. The van der Waals surface area contributed by atoms with E-state index in [2.05, 4.69) is 17.1 Å². The lowest BCUT2D eigenvalue weighted by molar-refractivity contribution is -0.139. The van der Waals surface area contributed by atoms with Crippen molar-refractivity contribution in [3.8, 4) is 5.75 Å². The normalized spacial score (nSPS) is 18.9. The maximum Gasteiger partial charge on any atom is 0.260 e. The number of aliphatic hydroxyl groups is 1. The number of rotatable bonds is 8. The van der Waals surface area contributed by atoms with Crippen molar-refractivity contribution in [1.29, 1.82) is 0 Å². The largest absolute Gasteiger partial charge is 0.483 e. The number of piperazine rings is 1. The Morgan fingerprint density at radius 3 is 2.53 bits per heavy atom. The van der Waals surface area contributed by atoms with Crippen molar-refractivity contribution < 1.29 is 23.8 Å². The van der Waals surface area contributed by atoms with Crippen LogP contribution in [0.4, 0.5) is 4.39 Å². The summed E-state index contributed by atoms with van der Waals surface area (Å²) in [6, 6.07) is 13.3. The van der Waals surface area contributed by atoms with E-state index in [1.165, 1.54) is 12.1 Å². The van der Waals surface area contributed by atoms with Crippen LogP contribution in [0.3, 0.4) is 0 Å². The molecule has 32 heavy (non-hydrogen) atoms. The summed E-state index contributed by atoms with van der Waals surface area (Å²) in [6.07, 6.45) is 0. The van der Waals surface area contributed by atoms with Crippen LogP contribution in [0.1, 0.15) is 29.8 Å². The van der Waals surface area contributed by atoms with Crippen LogP contribution in [-0.4, -0.2) is 71.7 Å². The van der Waals surface area contributed by atoms with Crippen molar-refractivity contribution in [2.45, 2.75) is 32.5 Å². The van der Waals surface area contributed by atoms with E-state index >= 15 is 0 Å². The quantitative estimate of drug-likeness (QED) is 0.653. The number of halogens is 1. The monoisotopic (exact) mass is 443 g/mol. The number of para-hydroxylation sites is 1. The Hall–Kier alpha value is -2.97. The first-order valence-electron chi connectivity index (χ1n) is 10.8. The van der Waals surface area contributed by atoms with Gasteiger partial charge in [-0.25, -0.2) is 4.39 Å². The maximum atomic E-state index is 13.2. The first kappa shape index (κ1) is 23.7. The molecule has 2 aromatic carbocycles. The second kappa shape index (κ2) is 11.1. The van der Waals surface area contributed by atoms with Gasteiger partial charge in [0.1, 0.15) is 11.6 Å². The lowest BCUT2D eigenvalue weighted by atomic mass is 10.1. The van der Waals surface area contributed by atoms with E-state index in [4.69, 9.17) is 9.84 Å². The summed E-state index contributed by atoms with van der Waals surface area (Å²) in [7, 11) is 0. The van der Waals surface area contributed by atoms with Gasteiger partial charge in [-0.15, -0.1) is 0 Å². The second-order valence-electron chi connectivity index (χ2n) is 8.06. The first-order valence-corrected chi connectivity index (χ1v) is 10.8. The molecule has 2 aromatic rings. The van der Waals surface area contributed by atoms with Crippen LogP contribution < -0.4 is 10.1 Å². The molecule has 1 aliphatic heterocycles. The van der Waals surface area contributed by atoms with Crippen molar-refractivity contribution in [1.82, 2.24) is 15.1 Å². The first-order chi connectivity index (χ1) is 15.4. The molecular weight excluding hydrogens is 413 g/mol. The highest BCUT2D eigenvalue weighted by atomic mass is 19.1. The molecule has 0 aliphatic carbocycles. The van der Waals surface area contributed by atoms with Crippen molar-refractivity contribution >= 4 is 11.8 Å². The van der Waals surface area contributed by atoms with Crippen molar-refractivity contribution in [2.75, 3.05) is 32.8 Å². The molecule has 8 heteroatoms. The van der Waals surface area contributed by atoms with Crippen LogP contribution in [0, 0.1) is 5.82 Å². The molecule has 2 amide bonds. The number of carbonyl (C=O) groups is 2. The summed E-state index contributed by atoms with van der Waals surface area (Å²) >= 11 is 0. The average molecular weight is 444 g/mol. The molecular formula is C24H30FN3O4. The second-order valence-corrected chi connectivity index (χ2v) is 8.06. The Bertz CT molecular complexity index is 922. The predicted octanol–water partition coefficient (Wildman–Crippen LogP) is 2.05. The number of hydrogen-bond donors (Lipinski definition) is 2. The standard InChI is InChI=1S/C24H30FN3O4/c1-17-14-28(18(2)13-27(17)15-19-7-9-20(25)10-8-19)23(30)16-32-22-6-4-3-5-21(22)24(31)26-11-12-29/h3-10,17-18,29H,11-16H2,1-2H3,(H,26,31). The molecule has 1 saturated heterocycles. The third kappa shape index (κ3) is 6.05. The molecule has 0 aromatic heterocycles. The fraction of sp³-hybridized carbons (Fsp3) is 0.417. The number of ether oxygens (including phenoxy) is 1. The molecule has 1 heterocycles. The van der Waals surface area contributed by atoms with Crippen LogP contribution in [0.25, 0.3) is 0 Å². The third-order valence-corrected chi connectivity index (χ3v) is 5.61. The van der Waals surface area contributed by atoms with Gasteiger partial charge in [0.05, 0.1) is 12.2 Å². The SMILES string of the molecule is CC1CN(C(=O)COc2ccccc2C(=O)NCCO)C(C)CN1Cc1ccc(F)cc1. The van der Waals surface area contributed by atoms with Gasteiger partial charge in [-0.05, 0) is 43.7 Å². The van der Waals surface area contributed by atoms with E-state index in [-0.39, 0.29) is 49.5 Å². The van der Waals surface area contributed by atoms with Gasteiger partial charge in [0.25, 0.3) is 11.8 Å². The highest BCUT2D eigenvalue weighted by Gasteiger charge is 2.32. The van der Waals surface area contributed by atoms with Crippen LogP contribution in [0.5, 0.6) is 5.75 Å². The van der Waals surface area contributed by atoms with Gasteiger partial charge >= 0.3 is 0 Å². The highest BCUT2D eigenvalue weighted by molar-refractivity contribution is 5.97. The molecule has 0 radical (unpaired) electrons. The van der Waals surface area contributed by atoms with Gasteiger partial charge in [0.2, 0.25) is 0 Å². The van der Waals surface area contributed by atoms with Gasteiger partial charge in [0.15, 0.2) is 6.61 Å². The fourth-order valence-corrected chi connectivity index (χ4v) is 3.86. The molecule has 0 saturated carbocycles. The maximum absolute atomic E-state index is 13.2. The van der Waals surface area contributed by atoms with E-state index in [9.17, 15) is 14.0 Å². The smallest absolute Gasteiger partial charge is 0.260 e. The van der Waals surface area contributed by atoms with Crippen LogP contribution in [-0.2, 0) is 11.3 Å². The van der Waals surface area contributed by atoms with Crippen molar-refractivity contribution in [2.24, 2.45) is 0 Å². The van der Waals surface area contributed by atoms with Gasteiger partial charge in [-0.1, -0.05) is 24.3 Å². The number of benzene rings is 2. The van der Waals surface area contributed by atoms with Gasteiger partial charge in [-0.2, -0.15) is 0 Å². The Morgan fingerprint density at radius 1 is 1.09 bits per heavy atom. The lowest BCUT2D eigenvalue weighted by Crippen LogP contribution is -2.58. The third-order valence-electron chi connectivity index (χ3n) is 5.61. The molecule has 172 valence electrons.